The summed E-state index contributed by atoms with van der Waals surface area (Å²) in [6, 6.07) is 8.27. The molecule has 2 aromatic carbocycles. The Hall–Kier alpha value is -2.96. The van der Waals surface area contributed by atoms with Gasteiger partial charge in [-0.3, -0.25) is 4.79 Å². The number of nitrogens with one attached hydrogen (secondary N) is 1. The molecule has 26 heavy (non-hydrogen) atoms. The van der Waals surface area contributed by atoms with Crippen molar-refractivity contribution in [3.8, 4) is 5.75 Å². The van der Waals surface area contributed by atoms with E-state index >= 15 is 0 Å². The highest BCUT2D eigenvalue weighted by atomic mass is 19.2. The molecule has 1 saturated carbocycles. The van der Waals surface area contributed by atoms with Crippen LogP contribution in [-0.4, -0.2) is 24.1 Å². The third-order valence-electron chi connectivity index (χ3n) is 4.46. The predicted molar refractivity (Wildman–Crippen MR) is 89.0 cm³/mol. The van der Waals surface area contributed by atoms with Gasteiger partial charge in [0.25, 0.3) is 0 Å². The minimum Gasteiger partial charge on any atom is -0.496 e. The number of halogens is 2. The maximum atomic E-state index is 13.3. The van der Waals surface area contributed by atoms with Crippen molar-refractivity contribution >= 4 is 11.9 Å². The minimum atomic E-state index is -1.09. The van der Waals surface area contributed by atoms with Crippen molar-refractivity contribution in [2.45, 2.75) is 18.9 Å². The summed E-state index contributed by atoms with van der Waals surface area (Å²) in [7, 11) is 1.38. The number of amides is 1. The van der Waals surface area contributed by atoms with Crippen LogP contribution >= 0.6 is 0 Å². The van der Waals surface area contributed by atoms with Gasteiger partial charge in [-0.05, 0) is 47.7 Å². The van der Waals surface area contributed by atoms with Crippen LogP contribution in [0.3, 0.4) is 0 Å². The van der Waals surface area contributed by atoms with Gasteiger partial charge in [-0.1, -0.05) is 12.1 Å². The lowest BCUT2D eigenvalue weighted by molar-refractivity contribution is -0.122. The summed E-state index contributed by atoms with van der Waals surface area (Å²) in [4.78, 5) is 23.3. The summed E-state index contributed by atoms with van der Waals surface area (Å²) >= 11 is 0. The third-order valence-corrected chi connectivity index (χ3v) is 4.46. The molecule has 0 heterocycles. The number of aromatic carboxylic acids is 1. The first-order valence-corrected chi connectivity index (χ1v) is 8.03. The van der Waals surface area contributed by atoms with E-state index in [-0.39, 0.29) is 35.6 Å². The van der Waals surface area contributed by atoms with Gasteiger partial charge in [0.1, 0.15) is 11.3 Å². The van der Waals surface area contributed by atoms with Crippen LogP contribution in [0.1, 0.15) is 33.8 Å². The van der Waals surface area contributed by atoms with Gasteiger partial charge in [0, 0.05) is 12.5 Å². The van der Waals surface area contributed by atoms with Gasteiger partial charge >= 0.3 is 5.97 Å². The van der Waals surface area contributed by atoms with Gasteiger partial charge in [-0.25, -0.2) is 13.6 Å². The van der Waals surface area contributed by atoms with Crippen LogP contribution in [-0.2, 0) is 11.3 Å². The minimum absolute atomic E-state index is 0.0446. The Morgan fingerprint density at radius 2 is 1.96 bits per heavy atom. The Morgan fingerprint density at radius 1 is 1.19 bits per heavy atom. The first-order chi connectivity index (χ1) is 12.4. The van der Waals surface area contributed by atoms with E-state index in [4.69, 9.17) is 9.84 Å². The molecule has 136 valence electrons. The van der Waals surface area contributed by atoms with Crippen molar-refractivity contribution in [3.63, 3.8) is 0 Å². The molecule has 0 spiro atoms. The number of carboxylic acid groups (broad SMARTS) is 1. The molecule has 1 amide bonds. The van der Waals surface area contributed by atoms with Crippen LogP contribution in [0.4, 0.5) is 8.78 Å². The number of hydrogen-bond acceptors (Lipinski definition) is 3. The van der Waals surface area contributed by atoms with Crippen molar-refractivity contribution in [2.24, 2.45) is 5.92 Å². The van der Waals surface area contributed by atoms with Gasteiger partial charge in [0.2, 0.25) is 5.91 Å². The molecule has 7 heteroatoms. The zero-order valence-electron chi connectivity index (χ0n) is 14.0. The number of carbonyl (C=O) groups is 2. The Morgan fingerprint density at radius 3 is 2.62 bits per heavy atom. The quantitative estimate of drug-likeness (QED) is 0.829. The fourth-order valence-corrected chi connectivity index (χ4v) is 2.94. The average molecular weight is 361 g/mol. The number of benzene rings is 2. The Balaban J connectivity index is 1.60. The van der Waals surface area contributed by atoms with Crippen LogP contribution in [0.5, 0.6) is 5.75 Å². The molecule has 2 aromatic rings. The SMILES string of the molecule is COc1cc(CNC(=O)[C@@H]2C[C@H]2c2ccc(F)c(F)c2)ccc1C(=O)O. The summed E-state index contributed by atoms with van der Waals surface area (Å²) in [6.45, 7) is 0.218. The lowest BCUT2D eigenvalue weighted by Gasteiger charge is -2.09. The first-order valence-electron chi connectivity index (χ1n) is 8.03. The predicted octanol–water partition coefficient (Wildman–Crippen LogP) is 3.09. The van der Waals surface area contributed by atoms with Crippen molar-refractivity contribution in [1.82, 2.24) is 5.32 Å². The summed E-state index contributed by atoms with van der Waals surface area (Å²) in [5.41, 5.74) is 1.35. The fraction of sp³-hybridized carbons (Fsp3) is 0.263. The number of ether oxygens (including phenoxy) is 1. The lowest BCUT2D eigenvalue weighted by Crippen LogP contribution is -2.25. The number of carboxylic acids is 1. The summed E-state index contributed by atoms with van der Waals surface area (Å²) in [5, 5.41) is 11.8. The number of carbonyl (C=O) groups excluding carboxylic acids is 1. The first kappa shape index (κ1) is 17.8. The van der Waals surface area contributed by atoms with E-state index < -0.39 is 17.6 Å². The molecule has 1 aliphatic rings. The monoisotopic (exact) mass is 361 g/mol. The Labute approximate surface area is 148 Å². The highest BCUT2D eigenvalue weighted by Gasteiger charge is 2.44. The van der Waals surface area contributed by atoms with Crippen molar-refractivity contribution in [1.29, 1.82) is 0 Å². The number of hydrogen-bond donors (Lipinski definition) is 2. The number of rotatable bonds is 6. The van der Waals surface area contributed by atoms with E-state index in [0.29, 0.717) is 17.5 Å². The normalized spacial score (nSPS) is 18.3. The second-order valence-electron chi connectivity index (χ2n) is 6.18. The van der Waals surface area contributed by atoms with Crippen LogP contribution in [0.2, 0.25) is 0 Å². The van der Waals surface area contributed by atoms with Gasteiger partial charge in [0.05, 0.1) is 7.11 Å². The molecule has 1 aliphatic carbocycles. The van der Waals surface area contributed by atoms with Crippen LogP contribution in [0.25, 0.3) is 0 Å². The zero-order valence-corrected chi connectivity index (χ0v) is 14.0. The second kappa shape index (κ2) is 7.11. The summed E-state index contributed by atoms with van der Waals surface area (Å²) in [5.74, 6) is -3.27. The molecule has 0 unspecified atom stereocenters. The summed E-state index contributed by atoms with van der Waals surface area (Å²) in [6.07, 6.45) is 0.582. The van der Waals surface area contributed by atoms with Crippen molar-refractivity contribution in [3.05, 3.63) is 64.7 Å². The molecular formula is C19H17F2NO4. The van der Waals surface area contributed by atoms with E-state index in [2.05, 4.69) is 5.32 Å². The molecule has 1 fully saturated rings. The Kier molecular flexibility index (Phi) is 4.88. The zero-order chi connectivity index (χ0) is 18.8. The van der Waals surface area contributed by atoms with Gasteiger partial charge < -0.3 is 15.2 Å². The molecule has 0 radical (unpaired) electrons. The van der Waals surface area contributed by atoms with E-state index in [1.807, 2.05) is 0 Å². The van der Waals surface area contributed by atoms with Crippen LogP contribution in [0.15, 0.2) is 36.4 Å². The molecule has 0 saturated heterocycles. The second-order valence-corrected chi connectivity index (χ2v) is 6.18. The lowest BCUT2D eigenvalue weighted by atomic mass is 10.1. The highest BCUT2D eigenvalue weighted by molar-refractivity contribution is 5.91. The standard InChI is InChI=1S/C19H17F2NO4/c1-26-17-6-10(2-4-12(17)19(24)25)9-22-18(23)14-8-13(14)11-3-5-15(20)16(21)7-11/h2-7,13-14H,8-9H2,1H3,(H,22,23)(H,24,25)/t13-,14+/m0/s1. The third kappa shape index (κ3) is 3.66. The maximum absolute atomic E-state index is 13.3. The van der Waals surface area contributed by atoms with Gasteiger partial charge in [0.15, 0.2) is 11.6 Å². The van der Waals surface area contributed by atoms with Gasteiger partial charge in [-0.2, -0.15) is 0 Å². The maximum Gasteiger partial charge on any atom is 0.339 e. The Bertz CT molecular complexity index is 869. The summed E-state index contributed by atoms with van der Waals surface area (Å²) < 4.78 is 31.3. The number of methoxy groups -OCH3 is 1. The molecule has 2 N–H and O–H groups in total. The van der Waals surface area contributed by atoms with Crippen LogP contribution in [0, 0.1) is 17.6 Å². The largest absolute Gasteiger partial charge is 0.496 e. The molecule has 0 aliphatic heterocycles. The fourth-order valence-electron chi connectivity index (χ4n) is 2.94. The molecular weight excluding hydrogens is 344 g/mol. The van der Waals surface area contributed by atoms with Crippen molar-refractivity contribution < 1.29 is 28.2 Å². The molecule has 5 nitrogen and oxygen atoms in total. The van der Waals surface area contributed by atoms with E-state index in [1.54, 1.807) is 12.1 Å². The topological polar surface area (TPSA) is 75.6 Å². The smallest absolute Gasteiger partial charge is 0.339 e. The van der Waals surface area contributed by atoms with E-state index in [1.165, 1.54) is 19.2 Å². The average Bonchev–Trinajstić information content (AvgIpc) is 3.42. The van der Waals surface area contributed by atoms with Gasteiger partial charge in [-0.15, -0.1) is 0 Å². The van der Waals surface area contributed by atoms with E-state index in [9.17, 15) is 18.4 Å². The highest BCUT2D eigenvalue weighted by Crippen LogP contribution is 2.47. The molecule has 3 rings (SSSR count). The molecule has 2 atom stereocenters. The molecule has 0 aromatic heterocycles. The van der Waals surface area contributed by atoms with Crippen molar-refractivity contribution in [2.75, 3.05) is 7.11 Å². The van der Waals surface area contributed by atoms with E-state index in [0.717, 1.165) is 12.1 Å². The molecule has 0 bridgehead atoms. The van der Waals surface area contributed by atoms with Crippen LogP contribution < -0.4 is 10.1 Å².